The lowest BCUT2D eigenvalue weighted by Gasteiger charge is -2.28. The number of hydrogen-bond acceptors (Lipinski definition) is 5. The molecular formula is C16H26O5. The van der Waals surface area contributed by atoms with Crippen LogP contribution in [0.5, 0.6) is 0 Å². The molecule has 2 N–H and O–H groups in total. The average Bonchev–Trinajstić information content (AvgIpc) is 2.86. The van der Waals surface area contributed by atoms with Crippen molar-refractivity contribution in [3.63, 3.8) is 0 Å². The van der Waals surface area contributed by atoms with E-state index >= 15 is 0 Å². The quantitative estimate of drug-likeness (QED) is 0.595. The Hall–Kier alpha value is -0.640. The van der Waals surface area contributed by atoms with Crippen molar-refractivity contribution in [2.24, 2.45) is 0 Å². The molecule has 5 nitrogen and oxygen atoms in total. The van der Waals surface area contributed by atoms with Crippen LogP contribution in [0.25, 0.3) is 0 Å². The second-order valence-corrected chi connectivity index (χ2v) is 6.17. The standard InChI is InChI=1S/C16H26O5/c1-4-5-6-7-8-9-10-16(18)12(11-17)19-14-13(16)20-15(2,3)21-14/h12-14,17-18H,4-8,11H2,1-3H3/t12-,13+,14-,16-/m1/s1. The number of fused-ring (bicyclic) bond motifs is 1. The van der Waals surface area contributed by atoms with E-state index in [9.17, 15) is 10.2 Å². The van der Waals surface area contributed by atoms with Gasteiger partial charge in [0.05, 0.1) is 6.61 Å². The highest BCUT2D eigenvalue weighted by Gasteiger charge is 2.62. The van der Waals surface area contributed by atoms with Crippen LogP contribution in [0, 0.1) is 11.8 Å². The monoisotopic (exact) mass is 298 g/mol. The second-order valence-electron chi connectivity index (χ2n) is 6.17. The lowest BCUT2D eigenvalue weighted by Crippen LogP contribution is -2.49. The van der Waals surface area contributed by atoms with Gasteiger partial charge in [0.25, 0.3) is 0 Å². The topological polar surface area (TPSA) is 68.2 Å². The maximum absolute atomic E-state index is 10.8. The summed E-state index contributed by atoms with van der Waals surface area (Å²) in [5.74, 6) is 5.05. The molecule has 0 spiro atoms. The Morgan fingerprint density at radius 3 is 2.57 bits per heavy atom. The van der Waals surface area contributed by atoms with Crippen molar-refractivity contribution in [3.05, 3.63) is 0 Å². The number of aliphatic hydroxyl groups excluding tert-OH is 1. The van der Waals surface area contributed by atoms with Crippen molar-refractivity contribution in [2.45, 2.75) is 82.8 Å². The molecule has 21 heavy (non-hydrogen) atoms. The molecular weight excluding hydrogens is 272 g/mol. The normalized spacial score (nSPS) is 37.1. The minimum Gasteiger partial charge on any atom is -0.394 e. The first-order valence-corrected chi connectivity index (χ1v) is 7.77. The van der Waals surface area contributed by atoms with Crippen LogP contribution in [-0.4, -0.2) is 46.7 Å². The van der Waals surface area contributed by atoms with E-state index in [1.165, 1.54) is 12.8 Å². The molecule has 5 heteroatoms. The van der Waals surface area contributed by atoms with E-state index in [0.717, 1.165) is 19.3 Å². The molecule has 0 unspecified atom stereocenters. The molecule has 0 amide bonds. The minimum atomic E-state index is -1.52. The van der Waals surface area contributed by atoms with Gasteiger partial charge in [-0.1, -0.05) is 32.1 Å². The Balaban J connectivity index is 2.01. The lowest BCUT2D eigenvalue weighted by molar-refractivity contribution is -0.225. The lowest BCUT2D eigenvalue weighted by atomic mass is 9.93. The largest absolute Gasteiger partial charge is 0.394 e. The molecule has 120 valence electrons. The Kier molecular flexibility index (Phi) is 5.29. The van der Waals surface area contributed by atoms with E-state index in [0.29, 0.717) is 0 Å². The number of hydrogen-bond donors (Lipinski definition) is 2. The summed E-state index contributed by atoms with van der Waals surface area (Å²) >= 11 is 0. The van der Waals surface area contributed by atoms with Crippen molar-refractivity contribution < 1.29 is 24.4 Å². The van der Waals surface area contributed by atoms with Gasteiger partial charge in [0.1, 0.15) is 6.10 Å². The highest BCUT2D eigenvalue weighted by atomic mass is 16.8. The Morgan fingerprint density at radius 2 is 1.90 bits per heavy atom. The fourth-order valence-electron chi connectivity index (χ4n) is 2.75. The van der Waals surface area contributed by atoms with Gasteiger partial charge >= 0.3 is 0 Å². The molecule has 0 aliphatic carbocycles. The van der Waals surface area contributed by atoms with Crippen molar-refractivity contribution in [2.75, 3.05) is 6.61 Å². The van der Waals surface area contributed by atoms with Gasteiger partial charge in [-0.05, 0) is 20.3 Å². The maximum Gasteiger partial charge on any atom is 0.191 e. The van der Waals surface area contributed by atoms with Crippen LogP contribution in [0.3, 0.4) is 0 Å². The summed E-state index contributed by atoms with van der Waals surface area (Å²) in [6, 6.07) is 0. The number of aliphatic hydroxyl groups is 2. The van der Waals surface area contributed by atoms with Crippen LogP contribution in [-0.2, 0) is 14.2 Å². The van der Waals surface area contributed by atoms with Crippen LogP contribution in [0.2, 0.25) is 0 Å². The Labute approximate surface area is 126 Å². The zero-order valence-electron chi connectivity index (χ0n) is 13.1. The van der Waals surface area contributed by atoms with Gasteiger partial charge in [-0.25, -0.2) is 0 Å². The van der Waals surface area contributed by atoms with Crippen LogP contribution in [0.15, 0.2) is 0 Å². The summed E-state index contributed by atoms with van der Waals surface area (Å²) in [5, 5.41) is 20.2. The third-order valence-electron chi connectivity index (χ3n) is 3.89. The third-order valence-corrected chi connectivity index (χ3v) is 3.89. The highest BCUT2D eigenvalue weighted by Crippen LogP contribution is 2.42. The molecule has 2 aliphatic heterocycles. The molecule has 0 radical (unpaired) electrons. The fraction of sp³-hybridized carbons (Fsp3) is 0.875. The molecule has 0 aromatic heterocycles. The van der Waals surface area contributed by atoms with E-state index in [4.69, 9.17) is 14.2 Å². The van der Waals surface area contributed by atoms with Gasteiger partial charge in [0.15, 0.2) is 23.8 Å². The molecule has 0 aromatic rings. The summed E-state index contributed by atoms with van der Waals surface area (Å²) < 4.78 is 16.8. The van der Waals surface area contributed by atoms with Gasteiger partial charge < -0.3 is 24.4 Å². The Bertz CT molecular complexity index is 411. The van der Waals surface area contributed by atoms with Crippen LogP contribution < -0.4 is 0 Å². The zero-order valence-corrected chi connectivity index (χ0v) is 13.1. The molecule has 4 atom stereocenters. The molecule has 0 saturated carbocycles. The Morgan fingerprint density at radius 1 is 1.14 bits per heavy atom. The second kappa shape index (κ2) is 6.64. The first-order valence-electron chi connectivity index (χ1n) is 7.77. The predicted octanol–water partition coefficient (Wildman–Crippen LogP) is 1.56. The predicted molar refractivity (Wildman–Crippen MR) is 77.3 cm³/mol. The summed E-state index contributed by atoms with van der Waals surface area (Å²) in [5.41, 5.74) is -1.52. The molecule has 2 saturated heterocycles. The van der Waals surface area contributed by atoms with Crippen molar-refractivity contribution >= 4 is 0 Å². The average molecular weight is 298 g/mol. The van der Waals surface area contributed by atoms with Crippen LogP contribution >= 0.6 is 0 Å². The molecule has 2 heterocycles. The molecule has 0 aromatic carbocycles. The van der Waals surface area contributed by atoms with E-state index in [-0.39, 0.29) is 6.61 Å². The SMILES string of the molecule is CCCCCCC#C[C@@]1(O)[C@@H](CO)O[C@@H]2OC(C)(C)O[C@@H]21. The minimum absolute atomic E-state index is 0.318. The summed E-state index contributed by atoms with van der Waals surface area (Å²) in [6.45, 7) is 5.37. The van der Waals surface area contributed by atoms with Gasteiger partial charge in [0.2, 0.25) is 0 Å². The van der Waals surface area contributed by atoms with E-state index in [2.05, 4.69) is 18.8 Å². The molecule has 2 aliphatic rings. The zero-order chi connectivity index (χ0) is 15.5. The van der Waals surface area contributed by atoms with Gasteiger partial charge in [0, 0.05) is 6.42 Å². The van der Waals surface area contributed by atoms with Crippen LogP contribution in [0.1, 0.15) is 52.9 Å². The molecule has 0 bridgehead atoms. The smallest absolute Gasteiger partial charge is 0.191 e. The number of ether oxygens (including phenoxy) is 3. The molecule has 2 rings (SSSR count). The maximum atomic E-state index is 10.8. The van der Waals surface area contributed by atoms with Gasteiger partial charge in [-0.15, -0.1) is 5.92 Å². The fourth-order valence-corrected chi connectivity index (χ4v) is 2.75. The molecule has 2 fully saturated rings. The summed E-state index contributed by atoms with van der Waals surface area (Å²) in [4.78, 5) is 0. The first-order chi connectivity index (χ1) is 9.93. The van der Waals surface area contributed by atoms with E-state index in [1.807, 2.05) is 0 Å². The van der Waals surface area contributed by atoms with Crippen LogP contribution in [0.4, 0.5) is 0 Å². The first kappa shape index (κ1) is 16.7. The van der Waals surface area contributed by atoms with E-state index < -0.39 is 29.9 Å². The van der Waals surface area contributed by atoms with Crippen molar-refractivity contribution in [1.29, 1.82) is 0 Å². The van der Waals surface area contributed by atoms with Gasteiger partial charge in [-0.2, -0.15) is 0 Å². The van der Waals surface area contributed by atoms with Crippen molar-refractivity contribution in [3.8, 4) is 11.8 Å². The van der Waals surface area contributed by atoms with E-state index in [1.54, 1.807) is 13.8 Å². The number of rotatable bonds is 5. The van der Waals surface area contributed by atoms with Gasteiger partial charge in [-0.3, -0.25) is 0 Å². The number of unbranched alkanes of at least 4 members (excludes halogenated alkanes) is 4. The summed E-state index contributed by atoms with van der Waals surface area (Å²) in [7, 11) is 0. The van der Waals surface area contributed by atoms with Crippen molar-refractivity contribution in [1.82, 2.24) is 0 Å². The highest BCUT2D eigenvalue weighted by molar-refractivity contribution is 5.24. The summed E-state index contributed by atoms with van der Waals surface area (Å²) in [6.07, 6.45) is 3.09. The third kappa shape index (κ3) is 3.58.